The molecule has 21 heavy (non-hydrogen) atoms. The monoisotopic (exact) mass is 286 g/mol. The van der Waals surface area contributed by atoms with Crippen molar-refractivity contribution in [2.45, 2.75) is 26.7 Å². The van der Waals surface area contributed by atoms with Gasteiger partial charge in [-0.05, 0) is 25.0 Å². The van der Waals surface area contributed by atoms with Gasteiger partial charge in [0.2, 0.25) is 11.9 Å². The van der Waals surface area contributed by atoms with E-state index in [-0.39, 0.29) is 0 Å². The van der Waals surface area contributed by atoms with Crippen LogP contribution in [-0.4, -0.2) is 40.6 Å². The first-order valence-corrected chi connectivity index (χ1v) is 7.22. The predicted molar refractivity (Wildman–Crippen MR) is 84.7 cm³/mol. The maximum Gasteiger partial charge on any atom is 0.229 e. The number of nitrogens with one attached hydrogen (secondary N) is 1. The average molecular weight is 286 g/mol. The summed E-state index contributed by atoms with van der Waals surface area (Å²) in [6.07, 6.45) is 3.51. The van der Waals surface area contributed by atoms with Crippen molar-refractivity contribution >= 4 is 11.9 Å². The van der Waals surface area contributed by atoms with Crippen LogP contribution in [0.4, 0.5) is 11.9 Å². The Kier molecular flexibility index (Phi) is 5.03. The van der Waals surface area contributed by atoms with Gasteiger partial charge in [0.15, 0.2) is 0 Å². The molecule has 0 unspecified atom stereocenters. The Balaban J connectivity index is 2.24. The van der Waals surface area contributed by atoms with Gasteiger partial charge in [-0.3, -0.25) is 4.98 Å². The molecule has 0 atom stereocenters. The molecular weight excluding hydrogens is 264 g/mol. The summed E-state index contributed by atoms with van der Waals surface area (Å²) in [5, 5.41) is 3.14. The fraction of sp³-hybridized carbons (Fsp3) is 0.467. The highest BCUT2D eigenvalue weighted by Gasteiger charge is 2.09. The molecule has 0 aliphatic carbocycles. The molecule has 6 nitrogen and oxygen atoms in total. The van der Waals surface area contributed by atoms with Crippen molar-refractivity contribution in [3.63, 3.8) is 0 Å². The lowest BCUT2D eigenvalue weighted by Gasteiger charge is -2.13. The van der Waals surface area contributed by atoms with Crippen LogP contribution >= 0.6 is 0 Å². The largest absolute Gasteiger partial charge is 0.354 e. The molecule has 0 bridgehead atoms. The number of aromatic nitrogens is 4. The summed E-state index contributed by atoms with van der Waals surface area (Å²) in [5.74, 6) is 1.99. The van der Waals surface area contributed by atoms with E-state index in [4.69, 9.17) is 0 Å². The van der Waals surface area contributed by atoms with E-state index in [1.807, 2.05) is 38.2 Å². The topological polar surface area (TPSA) is 66.8 Å². The van der Waals surface area contributed by atoms with E-state index in [1.165, 1.54) is 5.56 Å². The highest BCUT2D eigenvalue weighted by atomic mass is 15.3. The van der Waals surface area contributed by atoms with Gasteiger partial charge in [0.05, 0.1) is 6.42 Å². The van der Waals surface area contributed by atoms with Gasteiger partial charge < -0.3 is 10.2 Å². The molecule has 0 aromatic carbocycles. The molecule has 2 aromatic rings. The van der Waals surface area contributed by atoms with Crippen LogP contribution in [0.15, 0.2) is 18.3 Å². The van der Waals surface area contributed by atoms with Gasteiger partial charge in [0.1, 0.15) is 5.82 Å². The first-order chi connectivity index (χ1) is 10.1. The first-order valence-electron chi connectivity index (χ1n) is 7.22. The van der Waals surface area contributed by atoms with Crippen LogP contribution in [0.2, 0.25) is 0 Å². The lowest BCUT2D eigenvalue weighted by molar-refractivity contribution is 0.866. The molecule has 2 heterocycles. The molecule has 0 saturated heterocycles. The molecule has 0 aliphatic rings. The maximum absolute atomic E-state index is 4.48. The average Bonchev–Trinajstić information content (AvgIpc) is 2.48. The van der Waals surface area contributed by atoms with E-state index in [0.717, 1.165) is 24.5 Å². The molecule has 0 spiro atoms. The number of aryl methyl sites for hydroxylation is 1. The predicted octanol–water partition coefficient (Wildman–Crippen LogP) is 1.92. The van der Waals surface area contributed by atoms with Crippen molar-refractivity contribution in [3.8, 4) is 0 Å². The highest BCUT2D eigenvalue weighted by molar-refractivity contribution is 5.36. The van der Waals surface area contributed by atoms with Gasteiger partial charge in [0, 0.05) is 32.5 Å². The summed E-state index contributed by atoms with van der Waals surface area (Å²) in [4.78, 5) is 19.6. The van der Waals surface area contributed by atoms with E-state index < -0.39 is 0 Å². The third kappa shape index (κ3) is 4.11. The van der Waals surface area contributed by atoms with E-state index in [2.05, 4.69) is 38.2 Å². The third-order valence-corrected chi connectivity index (χ3v) is 3.04. The lowest BCUT2D eigenvalue weighted by Crippen LogP contribution is -2.17. The number of rotatable bonds is 6. The van der Waals surface area contributed by atoms with Gasteiger partial charge in [-0.2, -0.15) is 15.0 Å². The maximum atomic E-state index is 4.48. The summed E-state index contributed by atoms with van der Waals surface area (Å²) in [6.45, 7) is 4.91. The smallest absolute Gasteiger partial charge is 0.229 e. The van der Waals surface area contributed by atoms with Gasteiger partial charge in [0.25, 0.3) is 0 Å². The Morgan fingerprint density at radius 3 is 2.48 bits per heavy atom. The minimum absolute atomic E-state index is 0.603. The minimum atomic E-state index is 0.603. The van der Waals surface area contributed by atoms with E-state index in [9.17, 15) is 0 Å². The fourth-order valence-electron chi connectivity index (χ4n) is 1.85. The SMILES string of the molecule is CCNc1nc(Cc2ccc(CC)cn2)nc(N(C)C)n1. The summed E-state index contributed by atoms with van der Waals surface area (Å²) in [6, 6.07) is 4.13. The Bertz CT molecular complexity index is 579. The lowest BCUT2D eigenvalue weighted by atomic mass is 10.2. The number of nitrogens with zero attached hydrogens (tertiary/aromatic N) is 5. The number of hydrogen-bond acceptors (Lipinski definition) is 6. The zero-order valence-corrected chi connectivity index (χ0v) is 13.1. The summed E-state index contributed by atoms with van der Waals surface area (Å²) < 4.78 is 0. The molecular formula is C15H22N6. The summed E-state index contributed by atoms with van der Waals surface area (Å²) in [5.41, 5.74) is 2.20. The zero-order chi connectivity index (χ0) is 15.2. The van der Waals surface area contributed by atoms with E-state index >= 15 is 0 Å². The standard InChI is InChI=1S/C15H22N6/c1-5-11-7-8-12(17-10-11)9-13-18-14(16-6-2)20-15(19-13)21(3)4/h7-8,10H,5-6,9H2,1-4H3,(H,16,18,19,20). The second kappa shape index (κ2) is 6.97. The van der Waals surface area contributed by atoms with Crippen LogP contribution < -0.4 is 10.2 Å². The fourth-order valence-corrected chi connectivity index (χ4v) is 1.85. The first kappa shape index (κ1) is 15.2. The van der Waals surface area contributed by atoms with Crippen molar-refractivity contribution in [1.29, 1.82) is 0 Å². The summed E-state index contributed by atoms with van der Waals surface area (Å²) >= 11 is 0. The van der Waals surface area contributed by atoms with Crippen LogP contribution in [0.3, 0.4) is 0 Å². The van der Waals surface area contributed by atoms with Gasteiger partial charge in [-0.25, -0.2) is 0 Å². The van der Waals surface area contributed by atoms with Crippen LogP contribution in [-0.2, 0) is 12.8 Å². The molecule has 0 saturated carbocycles. The van der Waals surface area contributed by atoms with Crippen LogP contribution in [0, 0.1) is 0 Å². The Morgan fingerprint density at radius 1 is 1.10 bits per heavy atom. The third-order valence-electron chi connectivity index (χ3n) is 3.04. The Hall–Kier alpha value is -2.24. The number of hydrogen-bond donors (Lipinski definition) is 1. The van der Waals surface area contributed by atoms with Gasteiger partial charge >= 0.3 is 0 Å². The molecule has 0 radical (unpaired) electrons. The van der Waals surface area contributed by atoms with Crippen molar-refractivity contribution in [3.05, 3.63) is 35.4 Å². The molecule has 0 aliphatic heterocycles. The second-order valence-electron chi connectivity index (χ2n) is 4.99. The molecule has 2 aromatic heterocycles. The molecule has 112 valence electrons. The normalized spacial score (nSPS) is 10.5. The van der Waals surface area contributed by atoms with Crippen LogP contribution in [0.1, 0.15) is 30.9 Å². The minimum Gasteiger partial charge on any atom is -0.354 e. The van der Waals surface area contributed by atoms with Gasteiger partial charge in [-0.15, -0.1) is 0 Å². The number of pyridine rings is 1. The molecule has 6 heteroatoms. The quantitative estimate of drug-likeness (QED) is 0.875. The Labute approximate surface area is 125 Å². The van der Waals surface area contributed by atoms with Crippen LogP contribution in [0.25, 0.3) is 0 Å². The highest BCUT2D eigenvalue weighted by Crippen LogP contribution is 2.11. The van der Waals surface area contributed by atoms with E-state index in [0.29, 0.717) is 18.3 Å². The van der Waals surface area contributed by atoms with Gasteiger partial charge in [-0.1, -0.05) is 13.0 Å². The van der Waals surface area contributed by atoms with Crippen molar-refractivity contribution < 1.29 is 0 Å². The molecule has 0 fully saturated rings. The molecule has 1 N–H and O–H groups in total. The van der Waals surface area contributed by atoms with Crippen molar-refractivity contribution in [2.24, 2.45) is 0 Å². The molecule has 2 rings (SSSR count). The van der Waals surface area contributed by atoms with Crippen molar-refractivity contribution in [1.82, 2.24) is 19.9 Å². The Morgan fingerprint density at radius 2 is 1.90 bits per heavy atom. The van der Waals surface area contributed by atoms with Crippen molar-refractivity contribution in [2.75, 3.05) is 30.9 Å². The number of anilines is 2. The molecule has 0 amide bonds. The second-order valence-corrected chi connectivity index (χ2v) is 4.99. The van der Waals surface area contributed by atoms with Crippen LogP contribution in [0.5, 0.6) is 0 Å². The zero-order valence-electron chi connectivity index (χ0n) is 13.1. The van der Waals surface area contributed by atoms with E-state index in [1.54, 1.807) is 0 Å². The summed E-state index contributed by atoms with van der Waals surface area (Å²) in [7, 11) is 3.84.